The number of nitrogens with zero attached hydrogens (tertiary/aromatic N) is 3. The van der Waals surface area contributed by atoms with Gasteiger partial charge in [-0.05, 0) is 12.1 Å². The zero-order valence-corrected chi connectivity index (χ0v) is 12.4. The second-order valence-electron chi connectivity index (χ2n) is 2.88. The summed E-state index contributed by atoms with van der Waals surface area (Å²) in [5, 5.41) is 11.5. The van der Waals surface area contributed by atoms with Crippen molar-refractivity contribution in [2.24, 2.45) is 0 Å². The molecule has 2 rings (SSSR count). The topological polar surface area (TPSA) is 51.9 Å². The van der Waals surface area contributed by atoms with Crippen LogP contribution in [0.25, 0.3) is 0 Å². The van der Waals surface area contributed by atoms with Crippen molar-refractivity contribution in [3.05, 3.63) is 36.7 Å². The van der Waals surface area contributed by atoms with Crippen LogP contribution in [0.4, 0.5) is 5.69 Å². The summed E-state index contributed by atoms with van der Waals surface area (Å²) in [5.74, 6) is 0.931. The third-order valence-corrected chi connectivity index (χ3v) is 2.65. The van der Waals surface area contributed by atoms with E-state index in [9.17, 15) is 0 Å². The van der Waals surface area contributed by atoms with Gasteiger partial charge in [-0.1, -0.05) is 24.5 Å². The molecular weight excluding hydrogens is 297 g/mol. The van der Waals surface area contributed by atoms with Crippen LogP contribution >= 0.6 is 11.8 Å². The molecule has 1 heterocycles. The molecular formula is C10H11N4SY-. The minimum absolute atomic E-state index is 0. The van der Waals surface area contributed by atoms with Gasteiger partial charge in [0, 0.05) is 50.7 Å². The molecule has 1 N–H and O–H groups in total. The normalized spacial score (nSPS) is 9.50. The number of thioether (sulfide) groups is 1. The summed E-state index contributed by atoms with van der Waals surface area (Å²) in [6.45, 7) is 0.892. The fourth-order valence-corrected chi connectivity index (χ4v) is 1.75. The van der Waals surface area contributed by atoms with Gasteiger partial charge in [0.2, 0.25) is 0 Å². The van der Waals surface area contributed by atoms with Crippen LogP contribution in [0.5, 0.6) is 0 Å². The van der Waals surface area contributed by atoms with Crippen molar-refractivity contribution in [3.8, 4) is 0 Å². The summed E-state index contributed by atoms with van der Waals surface area (Å²) in [6, 6.07) is 10.1. The monoisotopic (exact) mass is 308 g/mol. The second kappa shape index (κ2) is 7.82. The Morgan fingerprint density at radius 1 is 1.25 bits per heavy atom. The van der Waals surface area contributed by atoms with Crippen LogP contribution in [-0.4, -0.2) is 22.4 Å². The summed E-state index contributed by atoms with van der Waals surface area (Å²) in [5.41, 5.74) is 1.14. The average molecular weight is 308 g/mol. The molecule has 6 heteroatoms. The van der Waals surface area contributed by atoms with Crippen molar-refractivity contribution >= 4 is 17.4 Å². The number of anilines is 1. The maximum atomic E-state index is 3.97. The molecule has 1 aromatic heterocycles. The van der Waals surface area contributed by atoms with E-state index in [0.29, 0.717) is 0 Å². The van der Waals surface area contributed by atoms with Gasteiger partial charge >= 0.3 is 0 Å². The third kappa shape index (κ3) is 4.64. The molecule has 0 atom stereocenters. The van der Waals surface area contributed by atoms with E-state index < -0.39 is 0 Å². The van der Waals surface area contributed by atoms with E-state index in [1.807, 2.05) is 30.3 Å². The smallest absolute Gasteiger partial charge is 0.0839 e. The van der Waals surface area contributed by atoms with Crippen molar-refractivity contribution in [1.82, 2.24) is 15.2 Å². The minimum atomic E-state index is 0. The first-order chi connectivity index (χ1) is 7.45. The molecule has 0 unspecified atom stereocenters. The SMILES string of the molecule is [Y].c1ccc(NCCSc2nc[n-]n2)cc1. The maximum absolute atomic E-state index is 3.97. The number of hydrogen-bond donors (Lipinski definition) is 1. The molecule has 0 saturated heterocycles. The second-order valence-corrected chi connectivity index (χ2v) is 3.95. The predicted octanol–water partition coefficient (Wildman–Crippen LogP) is 1.64. The number of aromatic nitrogens is 3. The van der Waals surface area contributed by atoms with Gasteiger partial charge in [0.05, 0.1) is 5.16 Å². The van der Waals surface area contributed by atoms with Crippen LogP contribution in [0, 0.1) is 0 Å². The van der Waals surface area contributed by atoms with Crippen molar-refractivity contribution < 1.29 is 32.7 Å². The van der Waals surface area contributed by atoms with Crippen LogP contribution in [0.2, 0.25) is 0 Å². The standard InChI is InChI=1S/C10H11N4S.Y/c1-2-4-9(5-3-1)11-6-7-15-10-12-8-13-14-10;/h1-5,8,11H,6-7H2;/q-1;. The number of benzene rings is 1. The van der Waals surface area contributed by atoms with Gasteiger partial charge < -0.3 is 15.4 Å². The molecule has 2 aromatic rings. The van der Waals surface area contributed by atoms with Gasteiger partial charge in [-0.3, -0.25) is 5.10 Å². The molecule has 0 spiro atoms. The van der Waals surface area contributed by atoms with Crippen LogP contribution in [0.3, 0.4) is 0 Å². The Kier molecular flexibility index (Phi) is 6.68. The van der Waals surface area contributed by atoms with Crippen molar-refractivity contribution in [1.29, 1.82) is 0 Å². The van der Waals surface area contributed by atoms with E-state index in [4.69, 9.17) is 0 Å². The molecule has 1 aromatic carbocycles. The van der Waals surface area contributed by atoms with Crippen LogP contribution < -0.4 is 10.4 Å². The predicted molar refractivity (Wildman–Crippen MR) is 61.0 cm³/mol. The van der Waals surface area contributed by atoms with E-state index in [1.54, 1.807) is 11.8 Å². The van der Waals surface area contributed by atoms with E-state index in [-0.39, 0.29) is 32.7 Å². The number of nitrogens with one attached hydrogen (secondary N) is 1. The molecule has 0 aliphatic rings. The largest absolute Gasteiger partial charge is 0.420 e. The number of rotatable bonds is 5. The van der Waals surface area contributed by atoms with Crippen LogP contribution in [0.15, 0.2) is 41.8 Å². The van der Waals surface area contributed by atoms with Gasteiger partial charge in [0.15, 0.2) is 0 Å². The Balaban J connectivity index is 0.00000128. The Hall–Kier alpha value is -0.386. The molecule has 0 amide bonds. The number of hydrogen-bond acceptors (Lipinski definition) is 4. The van der Waals surface area contributed by atoms with Gasteiger partial charge in [0.1, 0.15) is 0 Å². The van der Waals surface area contributed by atoms with Crippen molar-refractivity contribution in [3.63, 3.8) is 0 Å². The zero-order chi connectivity index (χ0) is 10.3. The summed E-state index contributed by atoms with van der Waals surface area (Å²) >= 11 is 1.60. The first-order valence-corrected chi connectivity index (χ1v) is 5.66. The molecule has 81 valence electrons. The Morgan fingerprint density at radius 3 is 2.75 bits per heavy atom. The van der Waals surface area contributed by atoms with Crippen molar-refractivity contribution in [2.75, 3.05) is 17.6 Å². The van der Waals surface area contributed by atoms with E-state index in [1.165, 1.54) is 6.33 Å². The maximum Gasteiger partial charge on any atom is 0.0839 e. The van der Waals surface area contributed by atoms with Gasteiger partial charge in [0.25, 0.3) is 0 Å². The van der Waals surface area contributed by atoms with Crippen molar-refractivity contribution in [2.45, 2.75) is 5.16 Å². The van der Waals surface area contributed by atoms with Crippen LogP contribution in [-0.2, 0) is 32.7 Å². The molecule has 0 aliphatic heterocycles. The van der Waals surface area contributed by atoms with Gasteiger partial charge in [-0.15, -0.1) is 11.8 Å². The van der Waals surface area contributed by atoms with Gasteiger partial charge in [-0.25, -0.2) is 0 Å². The quantitative estimate of drug-likeness (QED) is 0.672. The van der Waals surface area contributed by atoms with Gasteiger partial charge in [-0.2, -0.15) is 0 Å². The fraction of sp³-hybridized carbons (Fsp3) is 0.200. The zero-order valence-electron chi connectivity index (χ0n) is 8.71. The fourth-order valence-electron chi connectivity index (χ4n) is 1.14. The summed E-state index contributed by atoms with van der Waals surface area (Å²) in [4.78, 5) is 3.97. The van der Waals surface area contributed by atoms with E-state index >= 15 is 0 Å². The molecule has 0 saturated carbocycles. The average Bonchev–Trinajstić information content (AvgIpc) is 2.79. The van der Waals surface area contributed by atoms with Crippen LogP contribution in [0.1, 0.15) is 0 Å². The molecule has 0 bridgehead atoms. The summed E-state index contributed by atoms with van der Waals surface area (Å²) in [6.07, 6.45) is 1.47. The first kappa shape index (κ1) is 13.7. The molecule has 16 heavy (non-hydrogen) atoms. The first-order valence-electron chi connectivity index (χ1n) is 4.67. The van der Waals surface area contributed by atoms with E-state index in [0.717, 1.165) is 23.1 Å². The Bertz CT molecular complexity index is 379. The van der Waals surface area contributed by atoms with E-state index in [2.05, 4.69) is 20.5 Å². The number of para-hydroxylation sites is 1. The summed E-state index contributed by atoms with van der Waals surface area (Å²) < 4.78 is 0. The minimum Gasteiger partial charge on any atom is -0.420 e. The molecule has 1 radical (unpaired) electrons. The summed E-state index contributed by atoms with van der Waals surface area (Å²) in [7, 11) is 0. The molecule has 4 nitrogen and oxygen atoms in total. The Morgan fingerprint density at radius 2 is 2.06 bits per heavy atom. The molecule has 0 fully saturated rings. The third-order valence-electron chi connectivity index (χ3n) is 1.80. The molecule has 0 aliphatic carbocycles. The Labute approximate surface area is 124 Å².